The molecule has 9 aromatic rings. The molecule has 0 aliphatic carbocycles. The number of para-hydroxylation sites is 1. The lowest BCUT2D eigenvalue weighted by molar-refractivity contribution is 0.669. The molecular weight excluding hydrogens is 605 g/mol. The molecule has 0 aliphatic heterocycles. The number of benzene rings is 8. The standard InChI is InChI=1S/C49H34O/c1-3-9-34(10-4-1)36-15-17-38(18-16-36)39-21-27-42(28-22-39)49(41-25-19-37(20-26-41)35-11-5-2-6-12-35)43-29-23-40(24-30-43)44-31-32-48-46(33-44)45-13-7-8-14-47(45)50-48/h1-33,49H. The van der Waals surface area contributed by atoms with E-state index in [1.807, 2.05) is 12.1 Å². The van der Waals surface area contributed by atoms with Gasteiger partial charge in [0.1, 0.15) is 11.2 Å². The lowest BCUT2D eigenvalue weighted by atomic mass is 9.83. The molecule has 50 heavy (non-hydrogen) atoms. The van der Waals surface area contributed by atoms with Gasteiger partial charge in [0.05, 0.1) is 0 Å². The van der Waals surface area contributed by atoms with Crippen LogP contribution in [0.25, 0.3) is 66.4 Å². The van der Waals surface area contributed by atoms with Gasteiger partial charge >= 0.3 is 0 Å². The molecule has 0 aliphatic rings. The van der Waals surface area contributed by atoms with Crippen molar-refractivity contribution in [3.8, 4) is 44.5 Å². The molecule has 0 radical (unpaired) electrons. The number of fused-ring (bicyclic) bond motifs is 3. The average Bonchev–Trinajstić information content (AvgIpc) is 3.58. The zero-order valence-corrected chi connectivity index (χ0v) is 27.5. The van der Waals surface area contributed by atoms with Gasteiger partial charge in [-0.1, -0.05) is 182 Å². The average molecular weight is 639 g/mol. The molecule has 0 fully saturated rings. The summed E-state index contributed by atoms with van der Waals surface area (Å²) < 4.78 is 6.09. The maximum absolute atomic E-state index is 6.09. The second-order valence-corrected chi connectivity index (χ2v) is 12.9. The molecule has 1 nitrogen and oxygen atoms in total. The highest BCUT2D eigenvalue weighted by molar-refractivity contribution is 6.06. The summed E-state index contributed by atoms with van der Waals surface area (Å²) in [6.07, 6.45) is 0. The molecule has 9 rings (SSSR count). The van der Waals surface area contributed by atoms with Crippen LogP contribution in [0.15, 0.2) is 205 Å². The lowest BCUT2D eigenvalue weighted by Crippen LogP contribution is -2.03. The largest absolute Gasteiger partial charge is 0.456 e. The van der Waals surface area contributed by atoms with Crippen molar-refractivity contribution >= 4 is 21.9 Å². The van der Waals surface area contributed by atoms with Crippen LogP contribution in [0.2, 0.25) is 0 Å². The van der Waals surface area contributed by atoms with Crippen LogP contribution in [-0.2, 0) is 0 Å². The molecule has 8 aromatic carbocycles. The highest BCUT2D eigenvalue weighted by atomic mass is 16.3. The van der Waals surface area contributed by atoms with Crippen molar-refractivity contribution in [1.82, 2.24) is 0 Å². The van der Waals surface area contributed by atoms with Crippen molar-refractivity contribution in [1.29, 1.82) is 0 Å². The zero-order valence-electron chi connectivity index (χ0n) is 27.5. The molecule has 0 amide bonds. The molecule has 1 aromatic heterocycles. The van der Waals surface area contributed by atoms with E-state index in [9.17, 15) is 0 Å². The zero-order chi connectivity index (χ0) is 33.3. The summed E-state index contributed by atoms with van der Waals surface area (Å²) in [4.78, 5) is 0. The summed E-state index contributed by atoms with van der Waals surface area (Å²) >= 11 is 0. The summed E-state index contributed by atoms with van der Waals surface area (Å²) in [7, 11) is 0. The molecule has 0 saturated heterocycles. The third kappa shape index (κ3) is 5.70. The third-order valence-corrected chi connectivity index (χ3v) is 9.87. The first kappa shape index (κ1) is 29.7. The summed E-state index contributed by atoms with van der Waals surface area (Å²) in [5.41, 5.74) is 15.3. The van der Waals surface area contributed by atoms with Crippen LogP contribution in [0, 0.1) is 0 Å². The summed E-state index contributed by atoms with van der Waals surface area (Å²) in [6.45, 7) is 0. The monoisotopic (exact) mass is 638 g/mol. The van der Waals surface area contributed by atoms with E-state index in [2.05, 4.69) is 188 Å². The smallest absolute Gasteiger partial charge is 0.135 e. The van der Waals surface area contributed by atoms with Crippen molar-refractivity contribution in [3.05, 3.63) is 217 Å². The van der Waals surface area contributed by atoms with E-state index in [1.165, 1.54) is 61.2 Å². The molecule has 1 atom stereocenters. The molecule has 0 bridgehead atoms. The number of hydrogen-bond acceptors (Lipinski definition) is 1. The Morgan fingerprint density at radius 1 is 0.260 bits per heavy atom. The highest BCUT2D eigenvalue weighted by Gasteiger charge is 2.18. The Morgan fingerprint density at radius 3 is 1.08 bits per heavy atom. The molecule has 1 unspecified atom stereocenters. The molecule has 0 spiro atoms. The van der Waals surface area contributed by atoms with Gasteiger partial charge in [-0.15, -0.1) is 0 Å². The SMILES string of the molecule is c1ccc(-c2ccc(-c3ccc(C(c4ccc(-c5ccccc5)cc4)c4ccc(-c5ccc6oc7ccccc7c6c5)cc4)cc3)cc2)cc1. The molecule has 1 heterocycles. The van der Waals surface area contributed by atoms with Crippen LogP contribution in [0.4, 0.5) is 0 Å². The van der Waals surface area contributed by atoms with Gasteiger partial charge in [0.2, 0.25) is 0 Å². The molecule has 0 N–H and O–H groups in total. The van der Waals surface area contributed by atoms with Gasteiger partial charge < -0.3 is 4.42 Å². The molecular formula is C49H34O. The minimum absolute atomic E-state index is 0.0867. The second-order valence-electron chi connectivity index (χ2n) is 12.9. The van der Waals surface area contributed by atoms with Crippen molar-refractivity contribution in [2.24, 2.45) is 0 Å². The van der Waals surface area contributed by atoms with Gasteiger partial charge in [0.25, 0.3) is 0 Å². The minimum Gasteiger partial charge on any atom is -0.456 e. The first-order chi connectivity index (χ1) is 24.8. The fraction of sp³-hybridized carbons (Fsp3) is 0.0204. The first-order valence-electron chi connectivity index (χ1n) is 17.2. The minimum atomic E-state index is 0.0867. The lowest BCUT2D eigenvalue weighted by Gasteiger charge is -2.20. The quantitative estimate of drug-likeness (QED) is 0.158. The number of furan rings is 1. The topological polar surface area (TPSA) is 13.1 Å². The van der Waals surface area contributed by atoms with Crippen LogP contribution >= 0.6 is 0 Å². The van der Waals surface area contributed by atoms with Crippen molar-refractivity contribution < 1.29 is 4.42 Å². The third-order valence-electron chi connectivity index (χ3n) is 9.87. The second kappa shape index (κ2) is 12.9. The Balaban J connectivity index is 1.06. The summed E-state index contributed by atoms with van der Waals surface area (Å²) in [6, 6.07) is 72.0. The van der Waals surface area contributed by atoms with E-state index in [0.29, 0.717) is 0 Å². The summed E-state index contributed by atoms with van der Waals surface area (Å²) in [5, 5.41) is 2.30. The Labute approximate surface area is 292 Å². The van der Waals surface area contributed by atoms with Gasteiger partial charge in [-0.25, -0.2) is 0 Å². The van der Waals surface area contributed by atoms with E-state index >= 15 is 0 Å². The molecule has 236 valence electrons. The van der Waals surface area contributed by atoms with Gasteiger partial charge in [-0.3, -0.25) is 0 Å². The Hall–Kier alpha value is -6.44. The normalized spacial score (nSPS) is 11.9. The van der Waals surface area contributed by atoms with Gasteiger partial charge in [-0.05, 0) is 79.4 Å². The van der Waals surface area contributed by atoms with Crippen molar-refractivity contribution in [2.75, 3.05) is 0 Å². The van der Waals surface area contributed by atoms with Crippen LogP contribution in [0.3, 0.4) is 0 Å². The number of hydrogen-bond donors (Lipinski definition) is 0. The summed E-state index contributed by atoms with van der Waals surface area (Å²) in [5.74, 6) is 0.0867. The fourth-order valence-corrected chi connectivity index (χ4v) is 7.20. The van der Waals surface area contributed by atoms with E-state index in [1.54, 1.807) is 0 Å². The van der Waals surface area contributed by atoms with Crippen molar-refractivity contribution in [3.63, 3.8) is 0 Å². The predicted octanol–water partition coefficient (Wildman–Crippen LogP) is 13.4. The Kier molecular flexibility index (Phi) is 7.64. The fourth-order valence-electron chi connectivity index (χ4n) is 7.20. The van der Waals surface area contributed by atoms with Crippen LogP contribution < -0.4 is 0 Å². The van der Waals surface area contributed by atoms with Crippen LogP contribution in [-0.4, -0.2) is 0 Å². The van der Waals surface area contributed by atoms with Crippen molar-refractivity contribution in [2.45, 2.75) is 5.92 Å². The van der Waals surface area contributed by atoms with Gasteiger partial charge in [0, 0.05) is 16.7 Å². The number of rotatable bonds is 7. The van der Waals surface area contributed by atoms with Crippen LogP contribution in [0.5, 0.6) is 0 Å². The van der Waals surface area contributed by atoms with Gasteiger partial charge in [0.15, 0.2) is 0 Å². The van der Waals surface area contributed by atoms with E-state index in [-0.39, 0.29) is 5.92 Å². The first-order valence-corrected chi connectivity index (χ1v) is 17.2. The van der Waals surface area contributed by atoms with Gasteiger partial charge in [-0.2, -0.15) is 0 Å². The maximum atomic E-state index is 6.09. The maximum Gasteiger partial charge on any atom is 0.135 e. The molecule has 1 heteroatoms. The highest BCUT2D eigenvalue weighted by Crippen LogP contribution is 2.37. The molecule has 0 saturated carbocycles. The van der Waals surface area contributed by atoms with E-state index in [0.717, 1.165) is 21.9 Å². The Bertz CT molecular complexity index is 2520. The predicted molar refractivity (Wildman–Crippen MR) is 209 cm³/mol. The van der Waals surface area contributed by atoms with E-state index in [4.69, 9.17) is 4.42 Å². The Morgan fingerprint density at radius 2 is 0.600 bits per heavy atom. The van der Waals surface area contributed by atoms with E-state index < -0.39 is 0 Å². The van der Waals surface area contributed by atoms with Crippen LogP contribution in [0.1, 0.15) is 22.6 Å².